The molecule has 4 rings (SSSR count). The Morgan fingerprint density at radius 2 is 1.90 bits per heavy atom. The second kappa shape index (κ2) is 13.7. The van der Waals surface area contributed by atoms with Gasteiger partial charge in [-0.3, -0.25) is 4.79 Å². The summed E-state index contributed by atoms with van der Waals surface area (Å²) < 4.78 is 17.1. The summed E-state index contributed by atoms with van der Waals surface area (Å²) in [6.45, 7) is 7.75. The van der Waals surface area contributed by atoms with Gasteiger partial charge in [-0.1, -0.05) is 40.5 Å². The SMILES string of the molecule is CCC(=O)[C@@H]1CC(Oc2nc3cc(OC)ccc3nc2CCCCC[C@@H]2C[C@H]2OC(=O)N[C@H](C(=O)O)C(C)(C)C)CN1. The van der Waals surface area contributed by atoms with Crippen molar-refractivity contribution in [1.29, 1.82) is 0 Å². The third kappa shape index (κ3) is 8.30. The quantitative estimate of drug-likeness (QED) is 0.272. The molecule has 2 heterocycles. The van der Waals surface area contributed by atoms with Gasteiger partial charge in [-0.05, 0) is 49.1 Å². The molecule has 0 radical (unpaired) electrons. The Labute approximate surface area is 247 Å². The van der Waals surface area contributed by atoms with Crippen molar-refractivity contribution < 1.29 is 33.7 Å². The number of ketones is 1. The first-order valence-corrected chi connectivity index (χ1v) is 15.0. The lowest BCUT2D eigenvalue weighted by Crippen LogP contribution is -2.49. The van der Waals surface area contributed by atoms with Crippen LogP contribution in [0.15, 0.2) is 18.2 Å². The first-order valence-electron chi connectivity index (χ1n) is 15.0. The van der Waals surface area contributed by atoms with Crippen molar-refractivity contribution in [2.24, 2.45) is 11.3 Å². The number of carbonyl (C=O) groups is 3. The molecule has 1 saturated carbocycles. The van der Waals surface area contributed by atoms with Gasteiger partial charge >= 0.3 is 12.1 Å². The molecular weight excluding hydrogens is 540 g/mol. The highest BCUT2D eigenvalue weighted by molar-refractivity contribution is 5.84. The molecule has 3 N–H and O–H groups in total. The zero-order chi connectivity index (χ0) is 30.4. The van der Waals surface area contributed by atoms with Gasteiger partial charge in [0.1, 0.15) is 35.5 Å². The number of methoxy groups -OCH3 is 1. The number of nitrogens with zero attached hydrogens (tertiary/aromatic N) is 2. The molecule has 1 aromatic heterocycles. The van der Waals surface area contributed by atoms with Crippen LogP contribution >= 0.6 is 0 Å². The van der Waals surface area contributed by atoms with Crippen molar-refractivity contribution in [2.75, 3.05) is 13.7 Å². The maximum absolute atomic E-state index is 12.2. The number of carboxylic acid groups (broad SMARTS) is 1. The molecule has 11 nitrogen and oxygen atoms in total. The molecule has 2 aliphatic rings. The van der Waals surface area contributed by atoms with E-state index in [1.165, 1.54) is 0 Å². The number of carbonyl (C=O) groups excluding carboxylic acids is 2. The van der Waals surface area contributed by atoms with Crippen LogP contribution < -0.4 is 20.1 Å². The highest BCUT2D eigenvalue weighted by atomic mass is 16.6. The fourth-order valence-corrected chi connectivity index (χ4v) is 5.36. The second-order valence-corrected chi connectivity index (χ2v) is 12.4. The number of alkyl carbamates (subject to hydrolysis) is 1. The molecule has 5 atom stereocenters. The summed E-state index contributed by atoms with van der Waals surface area (Å²) in [4.78, 5) is 45.5. The van der Waals surface area contributed by atoms with Crippen LogP contribution in [0, 0.1) is 11.3 Å². The summed E-state index contributed by atoms with van der Waals surface area (Å²) in [5.74, 6) is 0.614. The molecule has 2 aromatic rings. The standard InChI is InChI=1S/C31H44N4O7/c1-6-25(36)24-16-20(17-32-24)41-28-22(33-21-13-12-19(40-5)15-23(21)34-28)11-9-7-8-10-18-14-26(18)42-30(39)35-27(29(37)38)31(2,3)4/h12-13,15,18,20,24,26-27,32H,6-11,14,16-17H2,1-5H3,(H,35,39)(H,37,38)/t18-,20?,24+,26-,27-/m1/s1. The predicted molar refractivity (Wildman–Crippen MR) is 157 cm³/mol. The van der Waals surface area contributed by atoms with Crippen molar-refractivity contribution in [3.05, 3.63) is 23.9 Å². The molecule has 230 valence electrons. The zero-order valence-corrected chi connectivity index (χ0v) is 25.3. The third-order valence-corrected chi connectivity index (χ3v) is 7.99. The maximum atomic E-state index is 12.2. The van der Waals surface area contributed by atoms with Crippen LogP contribution in [0.5, 0.6) is 11.6 Å². The molecule has 1 saturated heterocycles. The smallest absolute Gasteiger partial charge is 0.408 e. The van der Waals surface area contributed by atoms with Gasteiger partial charge in [0.05, 0.1) is 24.2 Å². The Kier molecular flexibility index (Phi) is 10.2. The number of hydrogen-bond acceptors (Lipinski definition) is 9. The van der Waals surface area contributed by atoms with Crippen molar-refractivity contribution >= 4 is 28.9 Å². The number of unbranched alkanes of at least 4 members (excludes halogenated alkanes) is 2. The van der Waals surface area contributed by atoms with Gasteiger partial charge in [0.15, 0.2) is 0 Å². The molecule has 2 fully saturated rings. The molecule has 1 aliphatic carbocycles. The average molecular weight is 585 g/mol. The molecule has 1 amide bonds. The van der Waals surface area contributed by atoms with Gasteiger partial charge in [-0.15, -0.1) is 0 Å². The highest BCUT2D eigenvalue weighted by Gasteiger charge is 2.41. The van der Waals surface area contributed by atoms with E-state index in [0.717, 1.165) is 43.3 Å². The molecular formula is C31H44N4O7. The summed E-state index contributed by atoms with van der Waals surface area (Å²) in [6.07, 6.45) is 5.41. The van der Waals surface area contributed by atoms with Crippen LogP contribution in [0.1, 0.15) is 78.3 Å². The maximum Gasteiger partial charge on any atom is 0.408 e. The molecule has 1 unspecified atom stereocenters. The number of carboxylic acids is 1. The second-order valence-electron chi connectivity index (χ2n) is 12.4. The van der Waals surface area contributed by atoms with Gasteiger partial charge in [-0.2, -0.15) is 0 Å². The number of Topliss-reactive ketones (excluding diaryl/α,β-unsaturated/α-hetero) is 1. The molecule has 1 aliphatic heterocycles. The van der Waals surface area contributed by atoms with Crippen LogP contribution in [0.2, 0.25) is 0 Å². The number of benzene rings is 1. The average Bonchev–Trinajstić information content (AvgIpc) is 3.50. The summed E-state index contributed by atoms with van der Waals surface area (Å²) in [7, 11) is 1.61. The van der Waals surface area contributed by atoms with E-state index in [1.54, 1.807) is 27.9 Å². The van der Waals surface area contributed by atoms with E-state index in [-0.39, 0.29) is 24.0 Å². The minimum absolute atomic E-state index is 0.153. The van der Waals surface area contributed by atoms with E-state index in [2.05, 4.69) is 10.6 Å². The fraction of sp³-hybridized carbons (Fsp3) is 0.645. The zero-order valence-electron chi connectivity index (χ0n) is 25.3. The van der Waals surface area contributed by atoms with Gasteiger partial charge in [0, 0.05) is 25.5 Å². The van der Waals surface area contributed by atoms with Gasteiger partial charge in [0.25, 0.3) is 0 Å². The Hall–Kier alpha value is -3.47. The first kappa shape index (κ1) is 31.5. The molecule has 11 heteroatoms. The van der Waals surface area contributed by atoms with Crippen molar-refractivity contribution in [3.8, 4) is 11.6 Å². The number of amides is 1. The van der Waals surface area contributed by atoms with Crippen LogP contribution in [0.4, 0.5) is 4.79 Å². The molecule has 0 spiro atoms. The van der Waals surface area contributed by atoms with Gasteiger partial charge in [-0.25, -0.2) is 19.6 Å². The summed E-state index contributed by atoms with van der Waals surface area (Å²) in [5.41, 5.74) is 1.65. The predicted octanol–water partition coefficient (Wildman–Crippen LogP) is 4.44. The summed E-state index contributed by atoms with van der Waals surface area (Å²) in [5, 5.41) is 15.2. The number of aromatic nitrogens is 2. The van der Waals surface area contributed by atoms with E-state index in [0.29, 0.717) is 48.9 Å². The van der Waals surface area contributed by atoms with Crippen molar-refractivity contribution in [1.82, 2.24) is 20.6 Å². The highest BCUT2D eigenvalue weighted by Crippen LogP contribution is 2.38. The Morgan fingerprint density at radius 3 is 2.60 bits per heavy atom. The Morgan fingerprint density at radius 1 is 1.12 bits per heavy atom. The molecule has 0 bridgehead atoms. The summed E-state index contributed by atoms with van der Waals surface area (Å²) >= 11 is 0. The molecule has 42 heavy (non-hydrogen) atoms. The number of aryl methyl sites for hydroxylation is 1. The minimum Gasteiger partial charge on any atom is -0.497 e. The van der Waals surface area contributed by atoms with Crippen LogP contribution in [0.25, 0.3) is 11.0 Å². The lowest BCUT2D eigenvalue weighted by Gasteiger charge is -2.27. The van der Waals surface area contributed by atoms with Crippen LogP contribution in [0.3, 0.4) is 0 Å². The van der Waals surface area contributed by atoms with E-state index in [1.807, 2.05) is 25.1 Å². The third-order valence-electron chi connectivity index (χ3n) is 7.99. The number of aliphatic carboxylic acids is 1. The fourth-order valence-electron chi connectivity index (χ4n) is 5.36. The van der Waals surface area contributed by atoms with Crippen molar-refractivity contribution in [3.63, 3.8) is 0 Å². The van der Waals surface area contributed by atoms with E-state index < -0.39 is 23.5 Å². The number of ether oxygens (including phenoxy) is 3. The van der Waals surface area contributed by atoms with Gasteiger partial charge in [0.2, 0.25) is 5.88 Å². The molecule has 1 aromatic carbocycles. The monoisotopic (exact) mass is 584 g/mol. The number of fused-ring (bicyclic) bond motifs is 1. The van der Waals surface area contributed by atoms with E-state index >= 15 is 0 Å². The number of nitrogens with one attached hydrogen (secondary N) is 2. The van der Waals surface area contributed by atoms with Crippen LogP contribution in [-0.2, 0) is 20.7 Å². The Balaban J connectivity index is 1.27. The topological polar surface area (TPSA) is 149 Å². The lowest BCUT2D eigenvalue weighted by atomic mass is 9.87. The minimum atomic E-state index is -1.08. The Bertz CT molecular complexity index is 1280. The van der Waals surface area contributed by atoms with Crippen LogP contribution in [-0.4, -0.2) is 70.9 Å². The number of rotatable bonds is 14. The lowest BCUT2D eigenvalue weighted by molar-refractivity contribution is -0.142. The largest absolute Gasteiger partial charge is 0.497 e. The van der Waals surface area contributed by atoms with E-state index in [4.69, 9.17) is 24.2 Å². The first-order chi connectivity index (χ1) is 20.0. The summed E-state index contributed by atoms with van der Waals surface area (Å²) in [6, 6.07) is 4.40. The van der Waals surface area contributed by atoms with Crippen molar-refractivity contribution in [2.45, 2.75) is 103 Å². The van der Waals surface area contributed by atoms with Gasteiger partial charge < -0.3 is 30.0 Å². The number of hydrogen-bond donors (Lipinski definition) is 3. The normalized spacial score (nSPS) is 22.4. The van der Waals surface area contributed by atoms with E-state index in [9.17, 15) is 19.5 Å².